The number of hydrogen-bond donors (Lipinski definition) is 2. The van der Waals surface area contributed by atoms with Crippen LogP contribution < -0.4 is 0 Å². The van der Waals surface area contributed by atoms with E-state index in [0.29, 0.717) is 22.9 Å². The molecule has 1 aromatic carbocycles. The molecule has 1 fully saturated rings. The number of esters is 1. The molecule has 0 aromatic heterocycles. The van der Waals surface area contributed by atoms with Crippen molar-refractivity contribution in [2.24, 2.45) is 5.92 Å². The first-order valence-electron chi connectivity index (χ1n) is 8.87. The minimum absolute atomic E-state index is 0.349. The summed E-state index contributed by atoms with van der Waals surface area (Å²) in [5, 5.41) is 21.0. The average molecular weight is 403 g/mol. The molecule has 3 atom stereocenters. The van der Waals surface area contributed by atoms with Crippen LogP contribution in [0, 0.1) is 5.92 Å². The van der Waals surface area contributed by atoms with Gasteiger partial charge in [0, 0.05) is 16.0 Å². The molecule has 7 heteroatoms. The van der Waals surface area contributed by atoms with Crippen molar-refractivity contribution < 1.29 is 24.5 Å². The summed E-state index contributed by atoms with van der Waals surface area (Å²) in [5.41, 5.74) is -1.42. The van der Waals surface area contributed by atoms with E-state index in [0.717, 1.165) is 31.2 Å². The monoisotopic (exact) mass is 402 g/mol. The van der Waals surface area contributed by atoms with Gasteiger partial charge in [0.25, 0.3) is 0 Å². The summed E-state index contributed by atoms with van der Waals surface area (Å²) in [6, 6.07) is 5.11. The van der Waals surface area contributed by atoms with E-state index in [1.165, 1.54) is 0 Å². The second-order valence-corrected chi connectivity index (χ2v) is 7.71. The number of rotatable bonds is 9. The summed E-state index contributed by atoms with van der Waals surface area (Å²) >= 11 is 12.2. The van der Waals surface area contributed by atoms with Crippen molar-refractivity contribution in [3.63, 3.8) is 0 Å². The number of ether oxygens (including phenoxy) is 1. The molecule has 2 N–H and O–H groups in total. The van der Waals surface area contributed by atoms with Gasteiger partial charge < -0.3 is 14.9 Å². The van der Waals surface area contributed by atoms with E-state index in [1.807, 2.05) is 0 Å². The van der Waals surface area contributed by atoms with Crippen molar-refractivity contribution in [2.45, 2.75) is 63.6 Å². The molecule has 3 unspecified atom stereocenters. The first-order chi connectivity index (χ1) is 12.3. The number of benzene rings is 1. The van der Waals surface area contributed by atoms with Crippen LogP contribution in [0.25, 0.3) is 0 Å². The fourth-order valence-electron chi connectivity index (χ4n) is 3.45. The van der Waals surface area contributed by atoms with Gasteiger partial charge in [-0.15, -0.1) is 0 Å². The zero-order valence-corrected chi connectivity index (χ0v) is 16.2. The molecule has 0 spiro atoms. The third-order valence-corrected chi connectivity index (χ3v) is 5.45. The number of unbranched alkanes of at least 4 members (excludes halogenated alkanes) is 3. The highest BCUT2D eigenvalue weighted by Gasteiger charge is 2.56. The van der Waals surface area contributed by atoms with Crippen LogP contribution in [0.5, 0.6) is 0 Å². The molecule has 1 aromatic rings. The Hall–Kier alpha value is -1.30. The number of carbonyl (C=O) groups is 2. The lowest BCUT2D eigenvalue weighted by Crippen LogP contribution is -2.50. The second-order valence-electron chi connectivity index (χ2n) is 6.87. The Balaban J connectivity index is 2.24. The van der Waals surface area contributed by atoms with Gasteiger partial charge in [-0.3, -0.25) is 4.79 Å². The molecule has 0 saturated carbocycles. The summed E-state index contributed by atoms with van der Waals surface area (Å²) in [6.45, 7) is 2.10. The maximum Gasteiger partial charge on any atom is 0.340 e. The summed E-state index contributed by atoms with van der Waals surface area (Å²) in [5.74, 6) is -2.48. The molecule has 0 radical (unpaired) electrons. The van der Waals surface area contributed by atoms with Crippen LogP contribution >= 0.6 is 23.2 Å². The highest BCUT2D eigenvalue weighted by Crippen LogP contribution is 2.37. The molecule has 1 heterocycles. The van der Waals surface area contributed by atoms with Gasteiger partial charge in [0.05, 0.1) is 6.42 Å². The van der Waals surface area contributed by atoms with E-state index in [2.05, 4.69) is 6.92 Å². The summed E-state index contributed by atoms with van der Waals surface area (Å²) < 4.78 is 5.25. The minimum atomic E-state index is -2.20. The van der Waals surface area contributed by atoms with Gasteiger partial charge in [0.1, 0.15) is 6.10 Å². The lowest BCUT2D eigenvalue weighted by Gasteiger charge is -2.30. The highest BCUT2D eigenvalue weighted by molar-refractivity contribution is 6.35. The lowest BCUT2D eigenvalue weighted by molar-refractivity contribution is -0.168. The van der Waals surface area contributed by atoms with E-state index in [1.54, 1.807) is 18.2 Å². The van der Waals surface area contributed by atoms with Gasteiger partial charge >= 0.3 is 11.9 Å². The molecule has 5 nitrogen and oxygen atoms in total. The topological polar surface area (TPSA) is 83.8 Å². The SMILES string of the molecule is CCCCCCC(Cc1ccc(Cl)cc1Cl)C1OC(=O)CC1(O)C(=O)O. The van der Waals surface area contributed by atoms with E-state index >= 15 is 0 Å². The Morgan fingerprint density at radius 2 is 2.08 bits per heavy atom. The Kier molecular flexibility index (Phi) is 7.33. The van der Waals surface area contributed by atoms with Crippen molar-refractivity contribution in [3.05, 3.63) is 33.8 Å². The summed E-state index contributed by atoms with van der Waals surface area (Å²) in [4.78, 5) is 23.3. The molecule has 0 bridgehead atoms. The first-order valence-corrected chi connectivity index (χ1v) is 9.62. The van der Waals surface area contributed by atoms with Crippen LogP contribution in [0.3, 0.4) is 0 Å². The third-order valence-electron chi connectivity index (χ3n) is 4.87. The van der Waals surface area contributed by atoms with Crippen LogP contribution in [-0.4, -0.2) is 33.9 Å². The van der Waals surface area contributed by atoms with E-state index in [-0.39, 0.29) is 5.92 Å². The maximum absolute atomic E-state index is 11.7. The second kappa shape index (κ2) is 9.07. The molecular weight excluding hydrogens is 379 g/mol. The van der Waals surface area contributed by atoms with Crippen LogP contribution in [0.4, 0.5) is 0 Å². The quantitative estimate of drug-likeness (QED) is 0.476. The third kappa shape index (κ3) is 4.90. The van der Waals surface area contributed by atoms with Gasteiger partial charge in [-0.25, -0.2) is 4.79 Å². The van der Waals surface area contributed by atoms with Crippen molar-refractivity contribution >= 4 is 35.1 Å². The van der Waals surface area contributed by atoms with E-state index < -0.39 is 30.1 Å². The normalized spacial score (nSPS) is 23.7. The fraction of sp³-hybridized carbons (Fsp3) is 0.579. The number of hydrogen-bond acceptors (Lipinski definition) is 4. The van der Waals surface area contributed by atoms with Crippen LogP contribution in [0.2, 0.25) is 10.0 Å². The predicted molar refractivity (Wildman–Crippen MR) is 99.5 cm³/mol. The number of carboxylic acids is 1. The van der Waals surface area contributed by atoms with Crippen molar-refractivity contribution in [1.29, 1.82) is 0 Å². The Morgan fingerprint density at radius 3 is 2.69 bits per heavy atom. The molecule has 0 amide bonds. The smallest absolute Gasteiger partial charge is 0.340 e. The van der Waals surface area contributed by atoms with Gasteiger partial charge in [0.15, 0.2) is 0 Å². The van der Waals surface area contributed by atoms with Gasteiger partial charge in [-0.1, -0.05) is 61.9 Å². The van der Waals surface area contributed by atoms with Gasteiger partial charge in [0.2, 0.25) is 5.60 Å². The predicted octanol–water partition coefficient (Wildman–Crippen LogP) is 4.25. The molecule has 144 valence electrons. The summed E-state index contributed by atoms with van der Waals surface area (Å²) in [7, 11) is 0. The minimum Gasteiger partial charge on any atom is -0.479 e. The standard InChI is InChI=1S/C19H24Cl2O5/c1-2-3-4-5-6-13(9-12-7-8-14(20)10-15(12)21)17-19(25,18(23)24)11-16(22)26-17/h7-8,10,13,17,25H,2-6,9,11H2,1H3,(H,23,24). The van der Waals surface area contributed by atoms with Crippen LogP contribution in [-0.2, 0) is 20.7 Å². The molecule has 1 aliphatic rings. The van der Waals surface area contributed by atoms with Crippen LogP contribution in [0.1, 0.15) is 51.0 Å². The summed E-state index contributed by atoms with van der Waals surface area (Å²) in [6.07, 6.45) is 3.39. The molecule has 2 rings (SSSR count). The molecule has 0 aliphatic carbocycles. The van der Waals surface area contributed by atoms with Crippen LogP contribution in [0.15, 0.2) is 18.2 Å². The first kappa shape index (κ1) is 21.0. The number of aliphatic hydroxyl groups is 1. The van der Waals surface area contributed by atoms with E-state index in [9.17, 15) is 19.8 Å². The van der Waals surface area contributed by atoms with Gasteiger partial charge in [-0.2, -0.15) is 0 Å². The molecule has 1 aliphatic heterocycles. The number of aliphatic carboxylic acids is 1. The lowest BCUT2D eigenvalue weighted by atomic mass is 9.80. The highest BCUT2D eigenvalue weighted by atomic mass is 35.5. The Bertz CT molecular complexity index is 663. The zero-order chi connectivity index (χ0) is 19.3. The molecule has 26 heavy (non-hydrogen) atoms. The maximum atomic E-state index is 11.7. The van der Waals surface area contributed by atoms with Crippen molar-refractivity contribution in [1.82, 2.24) is 0 Å². The molecule has 1 saturated heterocycles. The van der Waals surface area contributed by atoms with Crippen molar-refractivity contribution in [3.8, 4) is 0 Å². The average Bonchev–Trinajstić information content (AvgIpc) is 2.88. The van der Waals surface area contributed by atoms with Gasteiger partial charge in [-0.05, 0) is 30.5 Å². The number of carboxylic acid groups (broad SMARTS) is 1. The zero-order valence-electron chi connectivity index (χ0n) is 14.7. The Morgan fingerprint density at radius 1 is 1.35 bits per heavy atom. The number of cyclic esters (lactones) is 1. The van der Waals surface area contributed by atoms with Crippen molar-refractivity contribution in [2.75, 3.05) is 0 Å². The fourth-order valence-corrected chi connectivity index (χ4v) is 3.93. The number of halogens is 2. The largest absolute Gasteiger partial charge is 0.479 e. The van der Waals surface area contributed by atoms with E-state index in [4.69, 9.17) is 27.9 Å². The Labute approximate surface area is 163 Å². The molecular formula is C19H24Cl2O5. The number of carbonyl (C=O) groups excluding carboxylic acids is 1.